The van der Waals surface area contributed by atoms with Crippen LogP contribution in [0.4, 0.5) is 0 Å². The van der Waals surface area contributed by atoms with Crippen molar-refractivity contribution in [2.24, 2.45) is 0 Å². The number of ether oxygens (including phenoxy) is 1. The van der Waals surface area contributed by atoms with Crippen molar-refractivity contribution in [1.29, 1.82) is 0 Å². The van der Waals surface area contributed by atoms with Gasteiger partial charge >= 0.3 is 0 Å². The molecule has 2 nitrogen and oxygen atoms in total. The van der Waals surface area contributed by atoms with E-state index in [1.807, 2.05) is 18.2 Å². The van der Waals surface area contributed by atoms with E-state index in [9.17, 15) is 0 Å². The third-order valence-corrected chi connectivity index (χ3v) is 3.89. The van der Waals surface area contributed by atoms with Crippen molar-refractivity contribution in [2.45, 2.75) is 32.9 Å². The van der Waals surface area contributed by atoms with Gasteiger partial charge in [0, 0.05) is 10.9 Å². The van der Waals surface area contributed by atoms with Crippen molar-refractivity contribution in [3.05, 3.63) is 52.2 Å². The van der Waals surface area contributed by atoms with Gasteiger partial charge in [-0.1, -0.05) is 25.1 Å². The van der Waals surface area contributed by atoms with Gasteiger partial charge in [0.05, 0.1) is 0 Å². The number of benzene rings is 1. The van der Waals surface area contributed by atoms with Gasteiger partial charge in [0.15, 0.2) is 0 Å². The van der Waals surface area contributed by atoms with Crippen LogP contribution < -0.4 is 10.1 Å². The van der Waals surface area contributed by atoms with Gasteiger partial charge in [-0.2, -0.15) is 0 Å². The maximum Gasteiger partial charge on any atom is 0.122 e. The molecule has 0 saturated heterocycles. The highest BCUT2D eigenvalue weighted by Gasteiger charge is 2.04. The Labute approximate surface area is 119 Å². The largest absolute Gasteiger partial charge is 0.488 e. The predicted octanol–water partition coefficient (Wildman–Crippen LogP) is 4.39. The summed E-state index contributed by atoms with van der Waals surface area (Å²) < 4.78 is 5.76. The van der Waals surface area contributed by atoms with Crippen LogP contribution in [0.3, 0.4) is 0 Å². The zero-order chi connectivity index (χ0) is 13.5. The maximum absolute atomic E-state index is 5.76. The molecule has 0 bridgehead atoms. The lowest BCUT2D eigenvalue weighted by atomic mass is 10.1. The predicted molar refractivity (Wildman–Crippen MR) is 81.8 cm³/mol. The van der Waals surface area contributed by atoms with E-state index in [2.05, 4.69) is 42.7 Å². The molecule has 2 aromatic rings. The van der Waals surface area contributed by atoms with Crippen molar-refractivity contribution in [2.75, 3.05) is 6.54 Å². The minimum absolute atomic E-state index is 0.395. The van der Waals surface area contributed by atoms with Crippen molar-refractivity contribution < 1.29 is 4.74 Å². The minimum atomic E-state index is 0.395. The second-order valence-electron chi connectivity index (χ2n) is 4.61. The summed E-state index contributed by atoms with van der Waals surface area (Å²) in [5, 5.41) is 5.56. The third-order valence-electron chi connectivity index (χ3n) is 3.04. The van der Waals surface area contributed by atoms with Gasteiger partial charge in [0.25, 0.3) is 0 Å². The molecule has 2 rings (SSSR count). The molecule has 0 amide bonds. The first-order chi connectivity index (χ1) is 9.29. The van der Waals surface area contributed by atoms with E-state index in [4.69, 9.17) is 4.74 Å². The lowest BCUT2D eigenvalue weighted by molar-refractivity contribution is 0.309. The van der Waals surface area contributed by atoms with Crippen LogP contribution in [0, 0.1) is 0 Å². The Balaban J connectivity index is 1.87. The molecular weight excluding hydrogens is 254 g/mol. The third kappa shape index (κ3) is 4.37. The van der Waals surface area contributed by atoms with E-state index in [0.29, 0.717) is 12.6 Å². The molecule has 0 spiro atoms. The van der Waals surface area contributed by atoms with Crippen LogP contribution in [-0.2, 0) is 6.61 Å². The Bertz CT molecular complexity index is 464. The smallest absolute Gasteiger partial charge is 0.122 e. The highest BCUT2D eigenvalue weighted by Crippen LogP contribution is 2.19. The van der Waals surface area contributed by atoms with Crippen molar-refractivity contribution in [3.63, 3.8) is 0 Å². The number of rotatable bonds is 7. The summed E-state index contributed by atoms with van der Waals surface area (Å²) in [7, 11) is 0. The van der Waals surface area contributed by atoms with Gasteiger partial charge in [-0.25, -0.2) is 0 Å². The van der Waals surface area contributed by atoms with E-state index in [-0.39, 0.29) is 0 Å². The Morgan fingerprint density at radius 2 is 2.00 bits per heavy atom. The van der Waals surface area contributed by atoms with Crippen LogP contribution >= 0.6 is 11.3 Å². The van der Waals surface area contributed by atoms with Crippen LogP contribution in [0.2, 0.25) is 0 Å². The zero-order valence-corrected chi connectivity index (χ0v) is 12.4. The van der Waals surface area contributed by atoms with Gasteiger partial charge in [-0.3, -0.25) is 0 Å². The Kier molecular flexibility index (Phi) is 5.43. The minimum Gasteiger partial charge on any atom is -0.488 e. The van der Waals surface area contributed by atoms with Crippen molar-refractivity contribution in [1.82, 2.24) is 5.32 Å². The first-order valence-electron chi connectivity index (χ1n) is 6.78. The van der Waals surface area contributed by atoms with E-state index in [1.165, 1.54) is 10.4 Å². The Morgan fingerprint density at radius 1 is 1.21 bits per heavy atom. The second kappa shape index (κ2) is 7.31. The molecule has 0 aliphatic carbocycles. The molecule has 3 heteroatoms. The lowest BCUT2D eigenvalue weighted by Crippen LogP contribution is -2.19. The van der Waals surface area contributed by atoms with E-state index >= 15 is 0 Å². The van der Waals surface area contributed by atoms with E-state index in [1.54, 1.807) is 11.3 Å². The normalized spacial score (nSPS) is 12.3. The van der Waals surface area contributed by atoms with Gasteiger partial charge in [0.2, 0.25) is 0 Å². The monoisotopic (exact) mass is 275 g/mol. The molecule has 1 aromatic carbocycles. The summed E-state index contributed by atoms with van der Waals surface area (Å²) in [4.78, 5) is 1.25. The number of nitrogens with one attached hydrogen (secondary N) is 1. The van der Waals surface area contributed by atoms with Crippen LogP contribution in [-0.4, -0.2) is 6.54 Å². The topological polar surface area (TPSA) is 21.3 Å². The number of thiophene rings is 1. The molecule has 1 heterocycles. The first kappa shape index (κ1) is 14.1. The standard InChI is InChI=1S/C16H21NOS/c1-3-10-17-13(2)14-6-8-15(9-7-14)18-12-16-5-4-11-19-16/h4-9,11,13,17H,3,10,12H2,1-2H3. The molecule has 0 saturated carbocycles. The maximum atomic E-state index is 5.76. The zero-order valence-electron chi connectivity index (χ0n) is 11.6. The van der Waals surface area contributed by atoms with Gasteiger partial charge in [-0.05, 0) is 49.0 Å². The van der Waals surface area contributed by atoms with Crippen molar-refractivity contribution >= 4 is 11.3 Å². The molecule has 19 heavy (non-hydrogen) atoms. The fraction of sp³-hybridized carbons (Fsp3) is 0.375. The average Bonchev–Trinajstić information content (AvgIpc) is 2.96. The fourth-order valence-corrected chi connectivity index (χ4v) is 2.50. The number of hydrogen-bond acceptors (Lipinski definition) is 3. The summed E-state index contributed by atoms with van der Waals surface area (Å²) in [5.41, 5.74) is 1.30. The molecule has 0 fully saturated rings. The highest BCUT2D eigenvalue weighted by molar-refractivity contribution is 7.09. The highest BCUT2D eigenvalue weighted by atomic mass is 32.1. The summed E-state index contributed by atoms with van der Waals surface area (Å²) in [6, 6.07) is 12.9. The summed E-state index contributed by atoms with van der Waals surface area (Å²) >= 11 is 1.72. The van der Waals surface area contributed by atoms with E-state index in [0.717, 1.165) is 18.7 Å². The summed E-state index contributed by atoms with van der Waals surface area (Å²) in [5.74, 6) is 0.930. The first-order valence-corrected chi connectivity index (χ1v) is 7.66. The summed E-state index contributed by atoms with van der Waals surface area (Å²) in [6.45, 7) is 6.08. The molecule has 0 radical (unpaired) electrons. The molecular formula is C16H21NOS. The van der Waals surface area contributed by atoms with Crippen molar-refractivity contribution in [3.8, 4) is 5.75 Å². The van der Waals surface area contributed by atoms with E-state index < -0.39 is 0 Å². The quantitative estimate of drug-likeness (QED) is 0.809. The number of hydrogen-bond donors (Lipinski definition) is 1. The Morgan fingerprint density at radius 3 is 2.63 bits per heavy atom. The fourth-order valence-electron chi connectivity index (χ4n) is 1.88. The summed E-state index contributed by atoms with van der Waals surface area (Å²) in [6.07, 6.45) is 1.16. The molecule has 0 aliphatic heterocycles. The Hall–Kier alpha value is -1.32. The molecule has 1 aromatic heterocycles. The lowest BCUT2D eigenvalue weighted by Gasteiger charge is -2.14. The van der Waals surface area contributed by atoms with Crippen LogP contribution in [0.15, 0.2) is 41.8 Å². The molecule has 1 N–H and O–H groups in total. The molecule has 102 valence electrons. The van der Waals surface area contributed by atoms with Gasteiger partial charge in [0.1, 0.15) is 12.4 Å². The van der Waals surface area contributed by atoms with Gasteiger partial charge in [-0.15, -0.1) is 11.3 Å². The van der Waals surface area contributed by atoms with Crippen LogP contribution in [0.5, 0.6) is 5.75 Å². The molecule has 1 atom stereocenters. The van der Waals surface area contributed by atoms with Crippen LogP contribution in [0.25, 0.3) is 0 Å². The van der Waals surface area contributed by atoms with Gasteiger partial charge < -0.3 is 10.1 Å². The molecule has 0 aliphatic rings. The average molecular weight is 275 g/mol. The SMILES string of the molecule is CCCNC(C)c1ccc(OCc2cccs2)cc1. The second-order valence-corrected chi connectivity index (χ2v) is 5.65. The van der Waals surface area contributed by atoms with Crippen LogP contribution in [0.1, 0.15) is 36.8 Å². The molecule has 1 unspecified atom stereocenters.